The molecular formula is C21H20FN3O5S. The maximum atomic E-state index is 13.4. The van der Waals surface area contributed by atoms with Gasteiger partial charge in [0.25, 0.3) is 0 Å². The second kappa shape index (κ2) is 7.93. The van der Waals surface area contributed by atoms with Gasteiger partial charge in [0.2, 0.25) is 28.6 Å². The Morgan fingerprint density at radius 1 is 1.10 bits per heavy atom. The predicted octanol–water partition coefficient (Wildman–Crippen LogP) is 3.31. The lowest BCUT2D eigenvalue weighted by Gasteiger charge is -2.30. The molecule has 1 saturated heterocycles. The standard InChI is InChI=1S/C21H20FN3O5S/c22-17-5-1-3-14(9-17)12-31(26,27)25-8-2-4-16(11-25)21-24-23-20(30-21)15-6-7-18-19(10-15)29-13-28-18/h1,3,5-7,9-10,16H,2,4,8,11-13H2. The fraction of sp³-hybridized carbons (Fsp3) is 0.333. The number of hydrogen-bond acceptors (Lipinski definition) is 7. The summed E-state index contributed by atoms with van der Waals surface area (Å²) in [6, 6.07) is 11.0. The molecule has 2 aromatic carbocycles. The van der Waals surface area contributed by atoms with Crippen molar-refractivity contribution in [1.29, 1.82) is 0 Å². The predicted molar refractivity (Wildman–Crippen MR) is 108 cm³/mol. The zero-order valence-electron chi connectivity index (χ0n) is 16.5. The van der Waals surface area contributed by atoms with Gasteiger partial charge in [-0.2, -0.15) is 0 Å². The van der Waals surface area contributed by atoms with E-state index in [-0.39, 0.29) is 25.0 Å². The van der Waals surface area contributed by atoms with Crippen LogP contribution in [0.5, 0.6) is 11.5 Å². The van der Waals surface area contributed by atoms with Gasteiger partial charge in [-0.15, -0.1) is 10.2 Å². The van der Waals surface area contributed by atoms with E-state index in [4.69, 9.17) is 13.9 Å². The van der Waals surface area contributed by atoms with E-state index in [0.717, 1.165) is 6.42 Å². The van der Waals surface area contributed by atoms with Gasteiger partial charge < -0.3 is 13.9 Å². The Hall–Kier alpha value is -2.98. The van der Waals surface area contributed by atoms with Crippen LogP contribution in [0.15, 0.2) is 46.9 Å². The third-order valence-corrected chi connectivity index (χ3v) is 7.24. The molecule has 1 unspecified atom stereocenters. The van der Waals surface area contributed by atoms with Crippen molar-refractivity contribution in [3.05, 3.63) is 59.7 Å². The molecule has 1 fully saturated rings. The Morgan fingerprint density at radius 3 is 2.84 bits per heavy atom. The smallest absolute Gasteiger partial charge is 0.247 e. The van der Waals surface area contributed by atoms with Crippen molar-refractivity contribution in [2.75, 3.05) is 19.9 Å². The minimum Gasteiger partial charge on any atom is -0.454 e. The minimum absolute atomic E-state index is 0.176. The SMILES string of the molecule is O=S(=O)(Cc1cccc(F)c1)N1CCCC(c2nnc(-c3ccc4c(c3)OCO4)o2)C1. The summed E-state index contributed by atoms with van der Waals surface area (Å²) >= 11 is 0. The van der Waals surface area contributed by atoms with Gasteiger partial charge in [-0.25, -0.2) is 17.1 Å². The third-order valence-electron chi connectivity index (χ3n) is 5.43. The van der Waals surface area contributed by atoms with Crippen LogP contribution in [0.4, 0.5) is 4.39 Å². The molecule has 0 aliphatic carbocycles. The maximum Gasteiger partial charge on any atom is 0.247 e. The highest BCUT2D eigenvalue weighted by atomic mass is 32.2. The van der Waals surface area contributed by atoms with Crippen molar-refractivity contribution < 1.29 is 26.7 Å². The lowest BCUT2D eigenvalue weighted by molar-refractivity contribution is 0.174. The number of sulfonamides is 1. The summed E-state index contributed by atoms with van der Waals surface area (Å²) in [6.45, 7) is 0.841. The lowest BCUT2D eigenvalue weighted by atomic mass is 10.00. The molecule has 5 rings (SSSR count). The van der Waals surface area contributed by atoms with Crippen molar-refractivity contribution in [2.45, 2.75) is 24.5 Å². The first-order chi connectivity index (χ1) is 15.0. The fourth-order valence-corrected chi connectivity index (χ4v) is 5.47. The molecule has 2 aliphatic heterocycles. The first-order valence-electron chi connectivity index (χ1n) is 9.94. The summed E-state index contributed by atoms with van der Waals surface area (Å²) in [4.78, 5) is 0. The average molecular weight is 445 g/mol. The second-order valence-corrected chi connectivity index (χ2v) is 9.57. The number of benzene rings is 2. The molecule has 0 N–H and O–H groups in total. The highest BCUT2D eigenvalue weighted by Gasteiger charge is 2.32. The summed E-state index contributed by atoms with van der Waals surface area (Å²) in [5, 5.41) is 8.29. The van der Waals surface area contributed by atoms with E-state index in [9.17, 15) is 12.8 Å². The van der Waals surface area contributed by atoms with Gasteiger partial charge >= 0.3 is 0 Å². The topological polar surface area (TPSA) is 94.8 Å². The van der Waals surface area contributed by atoms with Gasteiger partial charge in [-0.3, -0.25) is 0 Å². The number of ether oxygens (including phenoxy) is 2. The molecule has 10 heteroatoms. The van der Waals surface area contributed by atoms with Crippen molar-refractivity contribution in [2.24, 2.45) is 0 Å². The van der Waals surface area contributed by atoms with Crippen molar-refractivity contribution >= 4 is 10.0 Å². The van der Waals surface area contributed by atoms with E-state index in [0.29, 0.717) is 47.4 Å². The van der Waals surface area contributed by atoms with Crippen molar-refractivity contribution in [1.82, 2.24) is 14.5 Å². The Bertz CT molecular complexity index is 1210. The number of aromatic nitrogens is 2. The molecule has 0 amide bonds. The number of rotatable bonds is 5. The van der Waals surface area contributed by atoms with Gasteiger partial charge in [0.05, 0.1) is 11.7 Å². The summed E-state index contributed by atoms with van der Waals surface area (Å²) in [5.41, 5.74) is 1.12. The quantitative estimate of drug-likeness (QED) is 0.595. The monoisotopic (exact) mass is 445 g/mol. The normalized spacial score (nSPS) is 18.9. The average Bonchev–Trinajstić information content (AvgIpc) is 3.43. The molecule has 8 nitrogen and oxygen atoms in total. The van der Waals surface area contributed by atoms with Crippen LogP contribution in [-0.2, 0) is 15.8 Å². The Morgan fingerprint density at radius 2 is 1.97 bits per heavy atom. The highest BCUT2D eigenvalue weighted by Crippen LogP contribution is 2.36. The maximum absolute atomic E-state index is 13.4. The van der Waals surface area contributed by atoms with Crippen LogP contribution in [0.25, 0.3) is 11.5 Å². The van der Waals surface area contributed by atoms with Crippen LogP contribution in [-0.4, -0.2) is 42.8 Å². The molecule has 31 heavy (non-hydrogen) atoms. The zero-order chi connectivity index (χ0) is 21.4. The van der Waals surface area contributed by atoms with Crippen LogP contribution in [0, 0.1) is 5.82 Å². The lowest BCUT2D eigenvalue weighted by Crippen LogP contribution is -2.39. The first-order valence-corrected chi connectivity index (χ1v) is 11.5. The summed E-state index contributed by atoms with van der Waals surface area (Å²) < 4.78 is 57.2. The Kier molecular flexibility index (Phi) is 5.11. The van der Waals surface area contributed by atoms with Crippen LogP contribution < -0.4 is 9.47 Å². The van der Waals surface area contributed by atoms with Gasteiger partial charge in [-0.1, -0.05) is 12.1 Å². The van der Waals surface area contributed by atoms with Gasteiger partial charge in [-0.05, 0) is 48.7 Å². The van der Waals surface area contributed by atoms with Crippen LogP contribution in [0.1, 0.15) is 30.2 Å². The number of nitrogens with zero attached hydrogens (tertiary/aromatic N) is 3. The second-order valence-electron chi connectivity index (χ2n) is 7.60. The van der Waals surface area contributed by atoms with Crippen LogP contribution >= 0.6 is 0 Å². The molecule has 0 saturated carbocycles. The number of hydrogen-bond donors (Lipinski definition) is 0. The largest absolute Gasteiger partial charge is 0.454 e. The number of halogens is 1. The van der Waals surface area contributed by atoms with Crippen molar-refractivity contribution in [3.8, 4) is 23.0 Å². The Labute approximate surface area is 178 Å². The number of fused-ring (bicyclic) bond motifs is 1. The van der Waals surface area contributed by atoms with E-state index in [2.05, 4.69) is 10.2 Å². The molecule has 0 bridgehead atoms. The highest BCUT2D eigenvalue weighted by molar-refractivity contribution is 7.88. The van der Waals surface area contributed by atoms with E-state index >= 15 is 0 Å². The molecule has 0 radical (unpaired) electrons. The summed E-state index contributed by atoms with van der Waals surface area (Å²) in [7, 11) is -3.60. The Balaban J connectivity index is 1.31. The van der Waals surface area contributed by atoms with Gasteiger partial charge in [0, 0.05) is 18.7 Å². The molecule has 0 spiro atoms. The molecule has 3 aromatic rings. The fourth-order valence-electron chi connectivity index (χ4n) is 3.87. The van der Waals surface area contributed by atoms with Crippen LogP contribution in [0.2, 0.25) is 0 Å². The van der Waals surface area contributed by atoms with Gasteiger partial charge in [0.1, 0.15) is 5.82 Å². The van der Waals surface area contributed by atoms with Crippen LogP contribution in [0.3, 0.4) is 0 Å². The number of piperidine rings is 1. The molecule has 2 aliphatic rings. The first kappa shape index (κ1) is 20.0. The summed E-state index contributed by atoms with van der Waals surface area (Å²) in [6.07, 6.45) is 1.42. The zero-order valence-corrected chi connectivity index (χ0v) is 17.3. The molecule has 1 atom stereocenters. The molecular weight excluding hydrogens is 425 g/mol. The van der Waals surface area contributed by atoms with Crippen molar-refractivity contribution in [3.63, 3.8) is 0 Å². The van der Waals surface area contributed by atoms with E-state index in [1.807, 2.05) is 0 Å². The minimum atomic E-state index is -3.60. The third kappa shape index (κ3) is 4.13. The van der Waals surface area contributed by atoms with Gasteiger partial charge in [0.15, 0.2) is 11.5 Å². The van der Waals surface area contributed by atoms with E-state index < -0.39 is 15.8 Å². The molecule has 3 heterocycles. The molecule has 1 aromatic heterocycles. The van der Waals surface area contributed by atoms with E-state index in [1.54, 1.807) is 24.3 Å². The van der Waals surface area contributed by atoms with E-state index in [1.165, 1.54) is 22.5 Å². The summed E-state index contributed by atoms with van der Waals surface area (Å²) in [5.74, 6) is 1.12. The molecule has 162 valence electrons.